The van der Waals surface area contributed by atoms with Crippen LogP contribution in [0.5, 0.6) is 0 Å². The van der Waals surface area contributed by atoms with Gasteiger partial charge >= 0.3 is 5.97 Å². The van der Waals surface area contributed by atoms with E-state index in [-0.39, 0.29) is 17.8 Å². The summed E-state index contributed by atoms with van der Waals surface area (Å²) < 4.78 is 5.51. The number of carbonyl (C=O) groups is 2. The van der Waals surface area contributed by atoms with Crippen molar-refractivity contribution in [3.8, 4) is 0 Å². The Labute approximate surface area is 119 Å². The number of hydrogen-bond acceptors (Lipinski definition) is 6. The molecule has 0 saturated heterocycles. The number of esters is 1. The maximum Gasteiger partial charge on any atom is 0.330 e. The van der Waals surface area contributed by atoms with Gasteiger partial charge in [0, 0.05) is 18.6 Å². The van der Waals surface area contributed by atoms with E-state index in [1.807, 2.05) is 0 Å². The summed E-state index contributed by atoms with van der Waals surface area (Å²) >= 11 is 0. The molecule has 1 N–H and O–H groups in total. The van der Waals surface area contributed by atoms with E-state index in [9.17, 15) is 24.5 Å². The Morgan fingerprint density at radius 3 is 2.62 bits per heavy atom. The fraction of sp³-hybridized carbons (Fsp3) is 0.417. The number of nitrogens with one attached hydrogen (secondary N) is 1. The number of aromatic nitrogens is 1. The average Bonchev–Trinajstić information content (AvgIpc) is 2.38. The maximum absolute atomic E-state index is 11.8. The molecule has 0 aliphatic carbocycles. The molecule has 9 heteroatoms. The normalized spacial score (nSPS) is 11.6. The summed E-state index contributed by atoms with van der Waals surface area (Å²) in [6.07, 6.45) is 1.04. The smallest absolute Gasteiger partial charge is 0.330 e. The first-order valence-electron chi connectivity index (χ1n) is 5.96. The Hall–Kier alpha value is -2.71. The molecule has 0 saturated carbocycles. The van der Waals surface area contributed by atoms with Crippen LogP contribution in [0.15, 0.2) is 17.1 Å². The Morgan fingerprint density at radius 1 is 1.52 bits per heavy atom. The fourth-order valence-electron chi connectivity index (χ4n) is 1.75. The zero-order valence-corrected chi connectivity index (χ0v) is 11.8. The molecule has 1 aromatic heterocycles. The minimum Gasteiger partial charge on any atom is -0.467 e. The van der Waals surface area contributed by atoms with Gasteiger partial charge in [-0.2, -0.15) is 0 Å². The van der Waals surface area contributed by atoms with Crippen molar-refractivity contribution in [1.29, 1.82) is 0 Å². The predicted octanol–water partition coefficient (Wildman–Crippen LogP) is -0.257. The number of amides is 1. The number of hydrogen-bond donors (Lipinski definition) is 1. The molecule has 1 heterocycles. The number of methoxy groups -OCH3 is 1. The van der Waals surface area contributed by atoms with E-state index in [2.05, 4.69) is 10.1 Å². The minimum atomic E-state index is -1.10. The minimum absolute atomic E-state index is 0.218. The van der Waals surface area contributed by atoms with Gasteiger partial charge in [-0.15, -0.1) is 0 Å². The Balaban J connectivity index is 3.17. The SMILES string of the molecule is COC(=O)C(Cn1cc([N+](=O)[O-])c(C)cc1=O)NC(C)=O. The van der Waals surface area contributed by atoms with Gasteiger partial charge in [0.25, 0.3) is 11.2 Å². The lowest BCUT2D eigenvalue weighted by atomic mass is 10.2. The van der Waals surface area contributed by atoms with E-state index in [4.69, 9.17) is 0 Å². The van der Waals surface area contributed by atoms with E-state index >= 15 is 0 Å². The topological polar surface area (TPSA) is 121 Å². The lowest BCUT2D eigenvalue weighted by Gasteiger charge is -2.16. The molecule has 0 aromatic carbocycles. The van der Waals surface area contributed by atoms with E-state index in [0.717, 1.165) is 23.9 Å². The van der Waals surface area contributed by atoms with Crippen molar-refractivity contribution >= 4 is 17.6 Å². The van der Waals surface area contributed by atoms with Gasteiger partial charge in [0.1, 0.15) is 6.04 Å². The van der Waals surface area contributed by atoms with Crippen molar-refractivity contribution in [2.75, 3.05) is 7.11 Å². The van der Waals surface area contributed by atoms with Crippen LogP contribution >= 0.6 is 0 Å². The van der Waals surface area contributed by atoms with Crippen LogP contribution in [0, 0.1) is 17.0 Å². The van der Waals surface area contributed by atoms with Gasteiger partial charge in [-0.05, 0) is 6.92 Å². The first-order chi connectivity index (χ1) is 9.76. The molecule has 0 bridgehead atoms. The molecular formula is C12H15N3O6. The summed E-state index contributed by atoms with van der Waals surface area (Å²) in [6.45, 7) is 2.39. The lowest BCUT2D eigenvalue weighted by molar-refractivity contribution is -0.385. The van der Waals surface area contributed by atoms with Gasteiger partial charge < -0.3 is 14.6 Å². The summed E-state index contributed by atoms with van der Waals surface area (Å²) in [5.74, 6) is -1.24. The summed E-state index contributed by atoms with van der Waals surface area (Å²) in [7, 11) is 1.14. The van der Waals surface area contributed by atoms with Gasteiger partial charge in [0.15, 0.2) is 0 Å². The number of pyridine rings is 1. The third kappa shape index (κ3) is 4.13. The molecule has 21 heavy (non-hydrogen) atoms. The van der Waals surface area contributed by atoms with Crippen LogP contribution in [0.4, 0.5) is 5.69 Å². The van der Waals surface area contributed by atoms with Crippen LogP contribution < -0.4 is 10.9 Å². The quantitative estimate of drug-likeness (QED) is 0.454. The van der Waals surface area contributed by atoms with Gasteiger partial charge in [0.05, 0.1) is 24.8 Å². The zero-order chi connectivity index (χ0) is 16.2. The highest BCUT2D eigenvalue weighted by molar-refractivity contribution is 5.83. The van der Waals surface area contributed by atoms with Crippen LogP contribution in [0.1, 0.15) is 12.5 Å². The van der Waals surface area contributed by atoms with E-state index in [1.54, 1.807) is 0 Å². The lowest BCUT2D eigenvalue weighted by Crippen LogP contribution is -2.45. The van der Waals surface area contributed by atoms with Crippen molar-refractivity contribution in [1.82, 2.24) is 9.88 Å². The molecular weight excluding hydrogens is 282 g/mol. The van der Waals surface area contributed by atoms with Crippen LogP contribution in [0.3, 0.4) is 0 Å². The molecule has 0 radical (unpaired) electrons. The van der Waals surface area contributed by atoms with Crippen LogP contribution in [0.25, 0.3) is 0 Å². The van der Waals surface area contributed by atoms with Crippen molar-refractivity contribution in [2.45, 2.75) is 26.4 Å². The van der Waals surface area contributed by atoms with Crippen molar-refractivity contribution in [2.24, 2.45) is 0 Å². The number of aryl methyl sites for hydroxylation is 1. The highest BCUT2D eigenvalue weighted by atomic mass is 16.6. The van der Waals surface area contributed by atoms with Gasteiger partial charge in [0.2, 0.25) is 5.91 Å². The number of nitro groups is 1. The standard InChI is InChI=1S/C12H15N3O6/c1-7-4-11(17)14(6-10(7)15(19)20)5-9(12(18)21-3)13-8(2)16/h4,6,9H,5H2,1-3H3,(H,13,16). The van der Waals surface area contributed by atoms with Crippen molar-refractivity contribution in [3.63, 3.8) is 0 Å². The molecule has 0 fully saturated rings. The highest BCUT2D eigenvalue weighted by Crippen LogP contribution is 2.14. The van der Waals surface area contributed by atoms with Gasteiger partial charge in [-0.1, -0.05) is 0 Å². The first kappa shape index (κ1) is 16.3. The monoisotopic (exact) mass is 297 g/mol. The third-order valence-corrected chi connectivity index (χ3v) is 2.74. The Kier molecular flexibility index (Phi) is 5.17. The van der Waals surface area contributed by atoms with E-state index in [0.29, 0.717) is 0 Å². The van der Waals surface area contributed by atoms with Gasteiger partial charge in [-0.3, -0.25) is 19.7 Å². The molecule has 0 spiro atoms. The maximum atomic E-state index is 11.8. The molecule has 1 rings (SSSR count). The first-order valence-corrected chi connectivity index (χ1v) is 5.96. The molecule has 1 amide bonds. The van der Waals surface area contributed by atoms with E-state index < -0.39 is 28.4 Å². The summed E-state index contributed by atoms with van der Waals surface area (Å²) in [6, 6.07) is -0.00670. The number of ether oxygens (including phenoxy) is 1. The molecule has 1 unspecified atom stereocenters. The number of nitrogens with zero attached hydrogens (tertiary/aromatic N) is 2. The van der Waals surface area contributed by atoms with E-state index in [1.165, 1.54) is 13.8 Å². The Morgan fingerprint density at radius 2 is 2.14 bits per heavy atom. The third-order valence-electron chi connectivity index (χ3n) is 2.74. The molecule has 9 nitrogen and oxygen atoms in total. The Bertz CT molecular complexity index is 636. The van der Waals surface area contributed by atoms with Crippen molar-refractivity contribution in [3.05, 3.63) is 38.3 Å². The molecule has 0 aliphatic heterocycles. The number of rotatable bonds is 5. The highest BCUT2D eigenvalue weighted by Gasteiger charge is 2.22. The molecule has 1 aromatic rings. The van der Waals surface area contributed by atoms with Crippen LogP contribution in [0.2, 0.25) is 0 Å². The largest absolute Gasteiger partial charge is 0.467 e. The molecule has 0 aliphatic rings. The second kappa shape index (κ2) is 6.64. The average molecular weight is 297 g/mol. The predicted molar refractivity (Wildman–Crippen MR) is 71.7 cm³/mol. The van der Waals surface area contributed by atoms with Crippen molar-refractivity contribution < 1.29 is 19.2 Å². The molecule has 114 valence electrons. The number of carbonyl (C=O) groups excluding carboxylic acids is 2. The summed E-state index contributed by atoms with van der Waals surface area (Å²) in [4.78, 5) is 44.7. The zero-order valence-electron chi connectivity index (χ0n) is 11.8. The van der Waals surface area contributed by atoms with Crippen LogP contribution in [-0.2, 0) is 20.9 Å². The second-order valence-corrected chi connectivity index (χ2v) is 4.37. The molecule has 1 atom stereocenters. The fourth-order valence-corrected chi connectivity index (χ4v) is 1.75. The second-order valence-electron chi connectivity index (χ2n) is 4.37. The summed E-state index contributed by atoms with van der Waals surface area (Å²) in [5.41, 5.74) is -0.547. The van der Waals surface area contributed by atoms with Gasteiger partial charge in [-0.25, -0.2) is 4.79 Å². The summed E-state index contributed by atoms with van der Waals surface area (Å²) in [5, 5.41) is 13.2. The van der Waals surface area contributed by atoms with Crippen LogP contribution in [-0.4, -0.2) is 34.5 Å².